The van der Waals surface area contributed by atoms with Gasteiger partial charge in [0, 0.05) is 45.2 Å². The molecular weight excluding hydrogens is 340 g/mol. The average Bonchev–Trinajstić information content (AvgIpc) is 2.71. The van der Waals surface area contributed by atoms with E-state index in [0.717, 1.165) is 24.8 Å². The molecule has 3 N–H and O–H groups in total. The van der Waals surface area contributed by atoms with E-state index in [-0.39, 0.29) is 23.9 Å². The summed E-state index contributed by atoms with van der Waals surface area (Å²) in [6, 6.07) is 10.1. The lowest BCUT2D eigenvalue weighted by molar-refractivity contribution is -0.127. The molecule has 0 spiro atoms. The van der Waals surface area contributed by atoms with E-state index in [2.05, 4.69) is 12.2 Å². The summed E-state index contributed by atoms with van der Waals surface area (Å²) in [6.07, 6.45) is 4.52. The number of nitrogens with zero attached hydrogens (tertiary/aromatic N) is 2. The van der Waals surface area contributed by atoms with E-state index in [1.54, 1.807) is 4.90 Å². The lowest BCUT2D eigenvalue weighted by Crippen LogP contribution is -2.49. The van der Waals surface area contributed by atoms with Gasteiger partial charge >= 0.3 is 6.03 Å². The third kappa shape index (κ3) is 6.54. The van der Waals surface area contributed by atoms with Crippen molar-refractivity contribution < 1.29 is 9.59 Å². The van der Waals surface area contributed by atoms with Crippen LogP contribution >= 0.6 is 0 Å². The van der Waals surface area contributed by atoms with Gasteiger partial charge in [0.2, 0.25) is 5.91 Å². The summed E-state index contributed by atoms with van der Waals surface area (Å²) in [6.45, 7) is 4.45. The zero-order valence-electron chi connectivity index (χ0n) is 16.7. The Morgan fingerprint density at radius 3 is 2.52 bits per heavy atom. The highest BCUT2D eigenvalue weighted by atomic mass is 16.2. The predicted octanol–water partition coefficient (Wildman–Crippen LogP) is 2.58. The second-order valence-corrected chi connectivity index (χ2v) is 7.47. The molecule has 0 aromatic heterocycles. The topological polar surface area (TPSA) is 78.7 Å². The molecule has 6 nitrogen and oxygen atoms in total. The van der Waals surface area contributed by atoms with E-state index in [9.17, 15) is 9.59 Å². The lowest BCUT2D eigenvalue weighted by Gasteiger charge is -2.34. The van der Waals surface area contributed by atoms with E-state index in [4.69, 9.17) is 5.73 Å². The number of piperidine rings is 1. The molecule has 1 aliphatic rings. The molecule has 1 aromatic rings. The fourth-order valence-electron chi connectivity index (χ4n) is 3.52. The van der Waals surface area contributed by atoms with Gasteiger partial charge in [-0.3, -0.25) is 4.79 Å². The Hall–Kier alpha value is -2.08. The van der Waals surface area contributed by atoms with E-state index in [0.29, 0.717) is 39.0 Å². The molecule has 3 amide bonds. The fourth-order valence-corrected chi connectivity index (χ4v) is 3.52. The first-order chi connectivity index (χ1) is 13.0. The predicted molar refractivity (Wildman–Crippen MR) is 108 cm³/mol. The van der Waals surface area contributed by atoms with Crippen molar-refractivity contribution >= 4 is 11.9 Å². The van der Waals surface area contributed by atoms with Crippen LogP contribution in [0.4, 0.5) is 4.79 Å². The summed E-state index contributed by atoms with van der Waals surface area (Å²) in [7, 11) is 1.83. The number of benzene rings is 1. The van der Waals surface area contributed by atoms with Gasteiger partial charge in [0.25, 0.3) is 0 Å². The third-order valence-electron chi connectivity index (χ3n) is 5.26. The van der Waals surface area contributed by atoms with Crippen LogP contribution in [0.1, 0.15) is 44.6 Å². The number of hydrogen-bond acceptors (Lipinski definition) is 3. The van der Waals surface area contributed by atoms with E-state index >= 15 is 0 Å². The first-order valence-corrected chi connectivity index (χ1v) is 10.1. The number of carbonyl (C=O) groups excluding carboxylic acids is 2. The Bertz CT molecular complexity index is 585. The molecule has 150 valence electrons. The van der Waals surface area contributed by atoms with E-state index in [1.165, 1.54) is 0 Å². The van der Waals surface area contributed by atoms with Crippen LogP contribution in [0.2, 0.25) is 0 Å². The van der Waals surface area contributed by atoms with Gasteiger partial charge in [0.05, 0.1) is 0 Å². The van der Waals surface area contributed by atoms with Gasteiger partial charge in [-0.15, -0.1) is 0 Å². The first kappa shape index (κ1) is 21.2. The Kier molecular flexibility index (Phi) is 8.58. The van der Waals surface area contributed by atoms with Crippen molar-refractivity contribution in [2.45, 2.75) is 51.6 Å². The van der Waals surface area contributed by atoms with Crippen molar-refractivity contribution in [3.8, 4) is 0 Å². The number of nitrogens with two attached hydrogens (primary N) is 1. The van der Waals surface area contributed by atoms with Crippen LogP contribution in [-0.4, -0.2) is 54.5 Å². The number of hydrogen-bond donors (Lipinski definition) is 2. The molecule has 0 bridgehead atoms. The van der Waals surface area contributed by atoms with Gasteiger partial charge in [0.1, 0.15) is 0 Å². The Balaban J connectivity index is 1.78. The van der Waals surface area contributed by atoms with Crippen LogP contribution in [0.25, 0.3) is 0 Å². The standard InChI is InChI=1S/C21H34N4O2/c1-3-4-10-19(15-22)23-20(26)18-11-13-25(14-12-18)21(27)24(2)16-17-8-6-5-7-9-17/h5-9,18-19H,3-4,10-16,22H2,1-2H3,(H,23,26). The lowest BCUT2D eigenvalue weighted by atomic mass is 9.95. The van der Waals surface area contributed by atoms with Crippen LogP contribution in [0.5, 0.6) is 0 Å². The highest BCUT2D eigenvalue weighted by Gasteiger charge is 2.29. The number of rotatable bonds is 8. The molecule has 1 heterocycles. The molecule has 1 aromatic carbocycles. The normalized spacial score (nSPS) is 16.0. The maximum atomic E-state index is 12.7. The van der Waals surface area contributed by atoms with E-state index < -0.39 is 0 Å². The third-order valence-corrected chi connectivity index (χ3v) is 5.26. The molecule has 6 heteroatoms. The Morgan fingerprint density at radius 1 is 1.26 bits per heavy atom. The molecule has 0 radical (unpaired) electrons. The monoisotopic (exact) mass is 374 g/mol. The molecule has 1 fully saturated rings. The first-order valence-electron chi connectivity index (χ1n) is 10.1. The van der Waals surface area contributed by atoms with Crippen LogP contribution < -0.4 is 11.1 Å². The highest BCUT2D eigenvalue weighted by Crippen LogP contribution is 2.19. The molecule has 1 atom stereocenters. The molecule has 27 heavy (non-hydrogen) atoms. The van der Waals surface area contributed by atoms with Gasteiger partial charge < -0.3 is 20.9 Å². The molecule has 0 saturated carbocycles. The van der Waals surface area contributed by atoms with Gasteiger partial charge in [-0.05, 0) is 24.8 Å². The van der Waals surface area contributed by atoms with Gasteiger partial charge in [0.15, 0.2) is 0 Å². The second kappa shape index (κ2) is 10.9. The average molecular weight is 375 g/mol. The molecule has 2 rings (SSSR count). The molecule has 0 aliphatic carbocycles. The zero-order chi connectivity index (χ0) is 19.6. The van der Waals surface area contributed by atoms with E-state index in [1.807, 2.05) is 42.3 Å². The van der Waals surface area contributed by atoms with Gasteiger partial charge in [-0.2, -0.15) is 0 Å². The number of likely N-dealkylation sites (tertiary alicyclic amines) is 1. The molecule has 1 aliphatic heterocycles. The number of amides is 3. The van der Waals surface area contributed by atoms with Crippen molar-refractivity contribution in [3.63, 3.8) is 0 Å². The van der Waals surface area contributed by atoms with Crippen LogP contribution in [0.15, 0.2) is 30.3 Å². The Morgan fingerprint density at radius 2 is 1.93 bits per heavy atom. The SMILES string of the molecule is CCCCC(CN)NC(=O)C1CCN(C(=O)N(C)Cc2ccccc2)CC1. The smallest absolute Gasteiger partial charge is 0.320 e. The minimum atomic E-state index is -0.0239. The minimum Gasteiger partial charge on any atom is -0.352 e. The fraction of sp³-hybridized carbons (Fsp3) is 0.619. The summed E-state index contributed by atoms with van der Waals surface area (Å²) < 4.78 is 0. The maximum absolute atomic E-state index is 12.7. The Labute approximate surface area is 163 Å². The minimum absolute atomic E-state index is 0.0239. The van der Waals surface area contributed by atoms with Gasteiger partial charge in [-0.25, -0.2) is 4.79 Å². The van der Waals surface area contributed by atoms with Crippen molar-refractivity contribution in [2.75, 3.05) is 26.7 Å². The van der Waals surface area contributed by atoms with Crippen molar-refractivity contribution in [1.29, 1.82) is 0 Å². The quantitative estimate of drug-likeness (QED) is 0.734. The summed E-state index contributed by atoms with van der Waals surface area (Å²) >= 11 is 0. The number of urea groups is 1. The van der Waals surface area contributed by atoms with Crippen LogP contribution in [-0.2, 0) is 11.3 Å². The molecular formula is C21H34N4O2. The van der Waals surface area contributed by atoms with Gasteiger partial charge in [-0.1, -0.05) is 50.1 Å². The van der Waals surface area contributed by atoms with Crippen LogP contribution in [0.3, 0.4) is 0 Å². The highest BCUT2D eigenvalue weighted by molar-refractivity contribution is 5.80. The van der Waals surface area contributed by atoms with Crippen molar-refractivity contribution in [3.05, 3.63) is 35.9 Å². The summed E-state index contributed by atoms with van der Waals surface area (Å²) in [5.41, 5.74) is 6.89. The number of nitrogens with one attached hydrogen (secondary N) is 1. The summed E-state index contributed by atoms with van der Waals surface area (Å²) in [4.78, 5) is 28.8. The van der Waals surface area contributed by atoms with Crippen LogP contribution in [0, 0.1) is 5.92 Å². The molecule has 1 saturated heterocycles. The van der Waals surface area contributed by atoms with Crippen molar-refractivity contribution in [1.82, 2.24) is 15.1 Å². The second-order valence-electron chi connectivity index (χ2n) is 7.47. The number of carbonyl (C=O) groups is 2. The molecule has 1 unspecified atom stereocenters. The largest absolute Gasteiger partial charge is 0.352 e. The number of unbranched alkanes of at least 4 members (excludes halogenated alkanes) is 1. The summed E-state index contributed by atoms with van der Waals surface area (Å²) in [5, 5.41) is 3.09. The van der Waals surface area contributed by atoms with Crippen molar-refractivity contribution in [2.24, 2.45) is 11.7 Å². The maximum Gasteiger partial charge on any atom is 0.320 e. The summed E-state index contributed by atoms with van der Waals surface area (Å²) in [5.74, 6) is 0.0652. The zero-order valence-corrected chi connectivity index (χ0v) is 16.7.